The number of imide groups is 2. The topological polar surface area (TPSA) is 124 Å². The molecule has 4 amide bonds. The SMILES string of the molecule is CCOc1cc(/C=C2/C(=O)NC(=O)N(c3ccc(O)cc3)C2=O)ccc1OCc1ccc(OCc2ccccc2)c(OCC)c1. The summed E-state index contributed by atoms with van der Waals surface area (Å²) in [5.41, 5.74) is 2.35. The van der Waals surface area contributed by atoms with E-state index in [1.807, 2.05) is 62.4 Å². The lowest BCUT2D eigenvalue weighted by Gasteiger charge is -2.26. The average molecular weight is 609 g/mol. The van der Waals surface area contributed by atoms with Crippen LogP contribution in [0.3, 0.4) is 0 Å². The van der Waals surface area contributed by atoms with Crippen molar-refractivity contribution in [3.05, 3.63) is 113 Å². The first kappa shape index (κ1) is 30.7. The van der Waals surface area contributed by atoms with Crippen molar-refractivity contribution >= 4 is 29.6 Å². The van der Waals surface area contributed by atoms with Gasteiger partial charge >= 0.3 is 6.03 Å². The zero-order valence-corrected chi connectivity index (χ0v) is 24.8. The van der Waals surface area contributed by atoms with E-state index in [4.69, 9.17) is 18.9 Å². The molecule has 0 atom stereocenters. The molecular formula is C35H32N2O8. The van der Waals surface area contributed by atoms with E-state index >= 15 is 0 Å². The molecule has 4 aromatic rings. The summed E-state index contributed by atoms with van der Waals surface area (Å²) in [6, 6.07) is 25.1. The summed E-state index contributed by atoms with van der Waals surface area (Å²) in [5, 5.41) is 11.8. The Labute approximate surface area is 260 Å². The number of hydrogen-bond acceptors (Lipinski definition) is 8. The summed E-state index contributed by atoms with van der Waals surface area (Å²) in [6.07, 6.45) is 1.38. The van der Waals surface area contributed by atoms with E-state index in [9.17, 15) is 19.5 Å². The van der Waals surface area contributed by atoms with Crippen LogP contribution in [0.25, 0.3) is 6.08 Å². The minimum Gasteiger partial charge on any atom is -0.508 e. The highest BCUT2D eigenvalue weighted by Gasteiger charge is 2.36. The van der Waals surface area contributed by atoms with Gasteiger partial charge in [0.1, 0.15) is 24.5 Å². The highest BCUT2D eigenvalue weighted by Crippen LogP contribution is 2.33. The Balaban J connectivity index is 1.32. The van der Waals surface area contributed by atoms with Crippen LogP contribution >= 0.6 is 0 Å². The molecule has 0 spiro atoms. The van der Waals surface area contributed by atoms with Gasteiger partial charge in [-0.15, -0.1) is 0 Å². The largest absolute Gasteiger partial charge is 0.508 e. The number of nitrogens with one attached hydrogen (secondary N) is 1. The van der Waals surface area contributed by atoms with Gasteiger partial charge in [0.15, 0.2) is 23.0 Å². The fraction of sp³-hybridized carbons (Fsp3) is 0.171. The van der Waals surface area contributed by atoms with Gasteiger partial charge in [0.05, 0.1) is 18.9 Å². The van der Waals surface area contributed by atoms with Crippen LogP contribution in [0.15, 0.2) is 96.6 Å². The van der Waals surface area contributed by atoms with Crippen LogP contribution in [0.2, 0.25) is 0 Å². The van der Waals surface area contributed by atoms with Crippen molar-refractivity contribution in [2.24, 2.45) is 0 Å². The first-order valence-electron chi connectivity index (χ1n) is 14.4. The molecule has 230 valence electrons. The first-order valence-corrected chi connectivity index (χ1v) is 14.4. The van der Waals surface area contributed by atoms with Gasteiger partial charge in [-0.05, 0) is 85.1 Å². The van der Waals surface area contributed by atoms with Crippen LogP contribution in [-0.4, -0.2) is 36.2 Å². The summed E-state index contributed by atoms with van der Waals surface area (Å²) in [7, 11) is 0. The van der Waals surface area contributed by atoms with Crippen molar-refractivity contribution in [2.45, 2.75) is 27.1 Å². The molecule has 2 N–H and O–H groups in total. The van der Waals surface area contributed by atoms with Gasteiger partial charge in [0.2, 0.25) is 0 Å². The molecule has 1 aliphatic heterocycles. The number of carbonyl (C=O) groups excluding carboxylic acids is 3. The van der Waals surface area contributed by atoms with Crippen LogP contribution in [0.4, 0.5) is 10.5 Å². The van der Waals surface area contributed by atoms with E-state index in [0.717, 1.165) is 16.0 Å². The van der Waals surface area contributed by atoms with Crippen molar-refractivity contribution in [3.8, 4) is 28.7 Å². The number of rotatable bonds is 12. The molecule has 1 heterocycles. The van der Waals surface area contributed by atoms with E-state index in [-0.39, 0.29) is 23.6 Å². The Bertz CT molecular complexity index is 1720. The number of barbiturate groups is 1. The van der Waals surface area contributed by atoms with Crippen LogP contribution in [0, 0.1) is 0 Å². The van der Waals surface area contributed by atoms with Gasteiger partial charge in [-0.25, -0.2) is 9.69 Å². The number of amides is 4. The van der Waals surface area contributed by atoms with Crippen molar-refractivity contribution < 1.29 is 38.4 Å². The quantitative estimate of drug-likeness (QED) is 0.148. The zero-order chi connectivity index (χ0) is 31.8. The Morgan fingerprint density at radius 3 is 1.98 bits per heavy atom. The lowest BCUT2D eigenvalue weighted by molar-refractivity contribution is -0.122. The monoisotopic (exact) mass is 608 g/mol. The third-order valence-electron chi connectivity index (χ3n) is 6.73. The summed E-state index contributed by atoms with van der Waals surface area (Å²) < 4.78 is 23.7. The maximum atomic E-state index is 13.2. The van der Waals surface area contributed by atoms with Crippen LogP contribution in [0.5, 0.6) is 28.7 Å². The summed E-state index contributed by atoms with van der Waals surface area (Å²) in [4.78, 5) is 39.2. The summed E-state index contributed by atoms with van der Waals surface area (Å²) >= 11 is 0. The molecule has 45 heavy (non-hydrogen) atoms. The molecule has 1 saturated heterocycles. The molecule has 4 aromatic carbocycles. The molecule has 1 fully saturated rings. The molecule has 0 unspecified atom stereocenters. The van der Waals surface area contributed by atoms with E-state index in [1.165, 1.54) is 30.3 Å². The summed E-state index contributed by atoms with van der Waals surface area (Å²) in [5.74, 6) is 0.464. The van der Waals surface area contributed by atoms with E-state index in [1.54, 1.807) is 18.2 Å². The molecule has 5 rings (SSSR count). The van der Waals surface area contributed by atoms with E-state index < -0.39 is 17.8 Å². The zero-order valence-electron chi connectivity index (χ0n) is 24.8. The van der Waals surface area contributed by atoms with Crippen LogP contribution < -0.4 is 29.2 Å². The smallest absolute Gasteiger partial charge is 0.335 e. The molecule has 0 aliphatic carbocycles. The third-order valence-corrected chi connectivity index (χ3v) is 6.73. The number of phenols is 1. The maximum absolute atomic E-state index is 13.2. The fourth-order valence-electron chi connectivity index (χ4n) is 4.59. The van der Waals surface area contributed by atoms with Gasteiger partial charge in [0.25, 0.3) is 11.8 Å². The van der Waals surface area contributed by atoms with E-state index in [2.05, 4.69) is 5.32 Å². The van der Waals surface area contributed by atoms with Gasteiger partial charge in [-0.1, -0.05) is 42.5 Å². The molecule has 1 aliphatic rings. The molecule has 0 bridgehead atoms. The Kier molecular flexibility index (Phi) is 9.64. The molecule has 0 aromatic heterocycles. The standard InChI is InChI=1S/C35H32N2O8/c1-3-42-31-19-24(18-28-33(39)36-35(41)37(34(28)40)26-12-14-27(38)15-13-26)10-16-29(31)45-22-25-11-17-30(32(20-25)43-4-2)44-21-23-8-6-5-7-9-23/h5-20,38H,3-4,21-22H2,1-2H3,(H,36,39,41)/b28-18-. The second-order valence-electron chi connectivity index (χ2n) is 9.89. The Hall–Kier alpha value is -5.77. The van der Waals surface area contributed by atoms with Gasteiger partial charge in [-0.2, -0.15) is 0 Å². The Morgan fingerprint density at radius 2 is 1.31 bits per heavy atom. The lowest BCUT2D eigenvalue weighted by Crippen LogP contribution is -2.54. The molecule has 0 radical (unpaired) electrons. The number of carbonyl (C=O) groups is 3. The number of benzene rings is 4. The van der Waals surface area contributed by atoms with Gasteiger partial charge in [-0.3, -0.25) is 14.9 Å². The maximum Gasteiger partial charge on any atom is 0.335 e. The van der Waals surface area contributed by atoms with Crippen molar-refractivity contribution in [2.75, 3.05) is 18.1 Å². The van der Waals surface area contributed by atoms with Crippen LogP contribution in [0.1, 0.15) is 30.5 Å². The van der Waals surface area contributed by atoms with Gasteiger partial charge < -0.3 is 24.1 Å². The number of anilines is 1. The number of aromatic hydroxyl groups is 1. The predicted octanol–water partition coefficient (Wildman–Crippen LogP) is 6.01. The molecule has 10 nitrogen and oxygen atoms in total. The summed E-state index contributed by atoms with van der Waals surface area (Å²) in [6.45, 7) is 5.18. The number of nitrogens with zero attached hydrogens (tertiary/aromatic N) is 1. The van der Waals surface area contributed by atoms with Crippen LogP contribution in [-0.2, 0) is 22.8 Å². The highest BCUT2D eigenvalue weighted by molar-refractivity contribution is 6.39. The number of urea groups is 1. The number of ether oxygens (including phenoxy) is 4. The number of phenolic OH excluding ortho intramolecular Hbond substituents is 1. The predicted molar refractivity (Wildman–Crippen MR) is 167 cm³/mol. The first-order chi connectivity index (χ1) is 21.9. The molecular weight excluding hydrogens is 576 g/mol. The van der Waals surface area contributed by atoms with Gasteiger partial charge in [0, 0.05) is 0 Å². The van der Waals surface area contributed by atoms with Crippen molar-refractivity contribution in [1.82, 2.24) is 5.32 Å². The third kappa shape index (κ3) is 7.42. The normalized spacial score (nSPS) is 13.9. The molecule has 0 saturated carbocycles. The second kappa shape index (κ2) is 14.1. The minimum absolute atomic E-state index is 0.0270. The van der Waals surface area contributed by atoms with Crippen molar-refractivity contribution in [3.63, 3.8) is 0 Å². The Morgan fingerprint density at radius 1 is 0.689 bits per heavy atom. The van der Waals surface area contributed by atoms with E-state index in [0.29, 0.717) is 48.4 Å². The molecule has 10 heteroatoms. The average Bonchev–Trinajstić information content (AvgIpc) is 3.04. The minimum atomic E-state index is -0.880. The van der Waals surface area contributed by atoms with Crippen molar-refractivity contribution in [1.29, 1.82) is 0 Å². The second-order valence-corrected chi connectivity index (χ2v) is 9.89. The lowest BCUT2D eigenvalue weighted by atomic mass is 10.1. The number of hydrogen-bond donors (Lipinski definition) is 2. The fourth-order valence-corrected chi connectivity index (χ4v) is 4.59. The highest BCUT2D eigenvalue weighted by atomic mass is 16.5.